The highest BCUT2D eigenvalue weighted by molar-refractivity contribution is 9.12. The monoisotopic (exact) mass is 456 g/mol. The Morgan fingerprint density at radius 3 is 2.53 bits per heavy atom. The van der Waals surface area contributed by atoms with Crippen LogP contribution in [0.2, 0.25) is 5.02 Å². The largest absolute Gasteiger partial charge is 0.121 e. The Bertz CT molecular complexity index is 524. The van der Waals surface area contributed by atoms with Crippen molar-refractivity contribution in [2.24, 2.45) is 0 Å². The van der Waals surface area contributed by atoms with Crippen molar-refractivity contribution in [1.29, 1.82) is 0 Å². The van der Waals surface area contributed by atoms with E-state index < -0.39 is 0 Å². The van der Waals surface area contributed by atoms with Crippen LogP contribution in [0.1, 0.15) is 16.0 Å². The second-order valence-corrected chi connectivity index (χ2v) is 8.80. The molecule has 17 heavy (non-hydrogen) atoms. The van der Waals surface area contributed by atoms with E-state index in [1.807, 2.05) is 18.2 Å². The quantitative estimate of drug-likeness (QED) is 0.454. The van der Waals surface area contributed by atoms with Gasteiger partial charge >= 0.3 is 0 Å². The number of hydrogen-bond donors (Lipinski definition) is 0. The Hall–Kier alpha value is 0.650. The molecule has 0 aliphatic rings. The summed E-state index contributed by atoms with van der Waals surface area (Å²) in [6.07, 6.45) is 0.876. The second-order valence-electron chi connectivity index (χ2n) is 3.54. The minimum Gasteiger partial charge on any atom is -0.121 e. The van der Waals surface area contributed by atoms with Crippen molar-refractivity contribution in [2.45, 2.75) is 11.2 Å². The van der Waals surface area contributed by atoms with E-state index in [9.17, 15) is 0 Å². The third-order valence-electron chi connectivity index (χ3n) is 2.38. The molecule has 0 bridgehead atoms. The number of rotatable bonds is 3. The van der Waals surface area contributed by atoms with Gasteiger partial charge in [0.2, 0.25) is 0 Å². The predicted octanol–water partition coefficient (Wildman–Crippen LogP) is 6.61. The number of hydrogen-bond acceptors (Lipinski definition) is 1. The van der Waals surface area contributed by atoms with E-state index in [0.717, 1.165) is 24.6 Å². The number of alkyl halides is 1. The van der Waals surface area contributed by atoms with Crippen LogP contribution < -0.4 is 0 Å². The van der Waals surface area contributed by atoms with Crippen molar-refractivity contribution < 1.29 is 0 Å². The summed E-state index contributed by atoms with van der Waals surface area (Å²) in [5.41, 5.74) is 2.41. The van der Waals surface area contributed by atoms with E-state index in [2.05, 4.69) is 59.9 Å². The molecule has 0 fully saturated rings. The van der Waals surface area contributed by atoms with Crippen LogP contribution in [0.15, 0.2) is 37.9 Å². The van der Waals surface area contributed by atoms with Crippen LogP contribution in [-0.4, -0.2) is 0 Å². The van der Waals surface area contributed by atoms with Crippen LogP contribution in [0.5, 0.6) is 0 Å². The van der Waals surface area contributed by atoms with Gasteiger partial charge < -0.3 is 0 Å². The van der Waals surface area contributed by atoms with Crippen molar-refractivity contribution in [2.75, 3.05) is 0 Å². The van der Waals surface area contributed by atoms with E-state index in [1.165, 1.54) is 5.56 Å². The standard InChI is InChI=1S/C12H8Br3ClS/c13-9(8-6-11(14)17-12(8)15)5-7-3-1-2-4-10(7)16/h1-4,6,9H,5H2. The summed E-state index contributed by atoms with van der Waals surface area (Å²) in [7, 11) is 0. The third-order valence-corrected chi connectivity index (χ3v) is 5.95. The van der Waals surface area contributed by atoms with Gasteiger partial charge in [-0.15, -0.1) is 11.3 Å². The minimum atomic E-state index is 0.263. The Balaban J connectivity index is 2.20. The SMILES string of the molecule is Clc1ccccc1CC(Br)c1cc(Br)sc1Br. The Morgan fingerprint density at radius 2 is 1.94 bits per heavy atom. The molecule has 0 radical (unpaired) electrons. The van der Waals surface area contributed by atoms with Crippen LogP contribution in [0.25, 0.3) is 0 Å². The molecule has 1 atom stereocenters. The van der Waals surface area contributed by atoms with Gasteiger partial charge in [-0.2, -0.15) is 0 Å². The fourth-order valence-electron chi connectivity index (χ4n) is 1.53. The fourth-order valence-corrected chi connectivity index (χ4v) is 5.89. The normalized spacial score (nSPS) is 12.7. The van der Waals surface area contributed by atoms with E-state index >= 15 is 0 Å². The molecule has 2 rings (SSSR count). The van der Waals surface area contributed by atoms with Crippen molar-refractivity contribution in [1.82, 2.24) is 0 Å². The van der Waals surface area contributed by atoms with Crippen molar-refractivity contribution in [3.8, 4) is 0 Å². The van der Waals surface area contributed by atoms with Gasteiger partial charge in [-0.25, -0.2) is 0 Å². The molecule has 1 heterocycles. The van der Waals surface area contributed by atoms with Gasteiger partial charge in [0.05, 0.1) is 7.57 Å². The van der Waals surface area contributed by atoms with Crippen LogP contribution in [-0.2, 0) is 6.42 Å². The van der Waals surface area contributed by atoms with E-state index in [1.54, 1.807) is 11.3 Å². The summed E-state index contributed by atoms with van der Waals surface area (Å²) in [6.45, 7) is 0. The molecule has 1 aromatic heterocycles. The van der Waals surface area contributed by atoms with Crippen molar-refractivity contribution in [3.63, 3.8) is 0 Å². The first-order chi connectivity index (χ1) is 8.08. The molecule has 0 amide bonds. The molecule has 0 spiro atoms. The zero-order valence-electron chi connectivity index (χ0n) is 8.59. The van der Waals surface area contributed by atoms with E-state index in [0.29, 0.717) is 0 Å². The molecular weight excluding hydrogens is 451 g/mol. The summed E-state index contributed by atoms with van der Waals surface area (Å²) in [5, 5.41) is 0.822. The van der Waals surface area contributed by atoms with Crippen molar-refractivity contribution >= 4 is 70.7 Å². The zero-order chi connectivity index (χ0) is 12.4. The average molecular weight is 459 g/mol. The third kappa shape index (κ3) is 3.57. The molecule has 1 aromatic carbocycles. The molecule has 0 nitrogen and oxygen atoms in total. The lowest BCUT2D eigenvalue weighted by Crippen LogP contribution is -1.95. The summed E-state index contributed by atoms with van der Waals surface area (Å²) in [5.74, 6) is 0. The predicted molar refractivity (Wildman–Crippen MR) is 86.5 cm³/mol. The highest BCUT2D eigenvalue weighted by Gasteiger charge is 2.15. The minimum absolute atomic E-state index is 0.263. The number of halogens is 4. The molecule has 0 saturated heterocycles. The van der Waals surface area contributed by atoms with Crippen LogP contribution >= 0.6 is 70.7 Å². The van der Waals surface area contributed by atoms with Crippen LogP contribution in [0.4, 0.5) is 0 Å². The van der Waals surface area contributed by atoms with Gasteiger partial charge in [0.1, 0.15) is 0 Å². The van der Waals surface area contributed by atoms with Crippen LogP contribution in [0, 0.1) is 0 Å². The Kier molecular flexibility index (Phi) is 5.13. The summed E-state index contributed by atoms with van der Waals surface area (Å²) >= 11 is 18.6. The molecule has 2 aromatic rings. The lowest BCUT2D eigenvalue weighted by molar-refractivity contribution is 0.950. The molecule has 1 unspecified atom stereocenters. The van der Waals surface area contributed by atoms with Crippen LogP contribution in [0.3, 0.4) is 0 Å². The van der Waals surface area contributed by atoms with E-state index in [4.69, 9.17) is 11.6 Å². The van der Waals surface area contributed by atoms with Gasteiger partial charge in [-0.1, -0.05) is 45.7 Å². The van der Waals surface area contributed by atoms with Gasteiger partial charge in [0.15, 0.2) is 0 Å². The van der Waals surface area contributed by atoms with Gasteiger partial charge in [0, 0.05) is 9.85 Å². The van der Waals surface area contributed by atoms with Gasteiger partial charge in [-0.05, 0) is 61.5 Å². The maximum absolute atomic E-state index is 6.16. The molecule has 0 aliphatic carbocycles. The first-order valence-electron chi connectivity index (χ1n) is 4.90. The molecule has 90 valence electrons. The highest BCUT2D eigenvalue weighted by Crippen LogP contribution is 2.40. The maximum Gasteiger partial charge on any atom is 0.0753 e. The molecule has 5 heteroatoms. The Morgan fingerprint density at radius 1 is 1.24 bits per heavy atom. The van der Waals surface area contributed by atoms with Crippen molar-refractivity contribution in [3.05, 3.63) is 54.1 Å². The maximum atomic E-state index is 6.16. The fraction of sp³-hybridized carbons (Fsp3) is 0.167. The summed E-state index contributed by atoms with van der Waals surface area (Å²) < 4.78 is 2.28. The summed E-state index contributed by atoms with van der Waals surface area (Å²) in [4.78, 5) is 0.263. The topological polar surface area (TPSA) is 0 Å². The second kappa shape index (κ2) is 6.20. The molecular formula is C12H8Br3ClS. The smallest absolute Gasteiger partial charge is 0.0753 e. The van der Waals surface area contributed by atoms with Gasteiger partial charge in [0.25, 0.3) is 0 Å². The highest BCUT2D eigenvalue weighted by atomic mass is 79.9. The molecule has 0 N–H and O–H groups in total. The molecule has 0 saturated carbocycles. The van der Waals surface area contributed by atoms with E-state index in [-0.39, 0.29) is 4.83 Å². The first-order valence-corrected chi connectivity index (χ1v) is 8.59. The Labute approximate surface area is 135 Å². The number of benzene rings is 1. The molecule has 0 aliphatic heterocycles. The lowest BCUT2D eigenvalue weighted by atomic mass is 10.1. The first kappa shape index (κ1) is 14.1. The average Bonchev–Trinajstić information content (AvgIpc) is 2.61. The summed E-state index contributed by atoms with van der Waals surface area (Å²) in [6, 6.07) is 10.1. The van der Waals surface area contributed by atoms with Gasteiger partial charge in [-0.3, -0.25) is 0 Å². The zero-order valence-corrected chi connectivity index (χ0v) is 14.9. The lowest BCUT2D eigenvalue weighted by Gasteiger charge is -2.10. The number of thiophene rings is 1.